The summed E-state index contributed by atoms with van der Waals surface area (Å²) in [6, 6.07) is 4.76. The third kappa shape index (κ3) is 2.30. The minimum atomic E-state index is -0.340. The van der Waals surface area contributed by atoms with Crippen molar-refractivity contribution < 1.29 is 9.18 Å². The van der Waals surface area contributed by atoms with Crippen molar-refractivity contribution in [3.8, 4) is 0 Å². The molecule has 0 aliphatic carbocycles. The smallest absolute Gasteiger partial charge is 0.227 e. The Morgan fingerprint density at radius 2 is 2.25 bits per heavy atom. The molecule has 1 unspecified atom stereocenters. The highest BCUT2D eigenvalue weighted by molar-refractivity contribution is 9.10. The molecular formula is C11H10Br2FNO. The zero-order valence-corrected chi connectivity index (χ0v) is 11.6. The van der Waals surface area contributed by atoms with Gasteiger partial charge in [-0.2, -0.15) is 0 Å². The zero-order valence-electron chi connectivity index (χ0n) is 8.42. The van der Waals surface area contributed by atoms with Crippen LogP contribution in [-0.4, -0.2) is 17.8 Å². The van der Waals surface area contributed by atoms with Crippen molar-refractivity contribution in [2.75, 3.05) is 16.8 Å². The van der Waals surface area contributed by atoms with Crippen molar-refractivity contribution in [3.05, 3.63) is 28.5 Å². The maximum atomic E-state index is 13.3. The Kier molecular flexibility index (Phi) is 3.64. The number of anilines is 1. The van der Waals surface area contributed by atoms with Gasteiger partial charge in [-0.15, -0.1) is 0 Å². The molecule has 5 heteroatoms. The summed E-state index contributed by atoms with van der Waals surface area (Å²) in [4.78, 5) is 13.4. The van der Waals surface area contributed by atoms with Crippen molar-refractivity contribution in [1.29, 1.82) is 0 Å². The van der Waals surface area contributed by atoms with Crippen LogP contribution in [0.2, 0.25) is 0 Å². The lowest BCUT2D eigenvalue weighted by Gasteiger charge is -2.16. The number of carbonyl (C=O) groups is 1. The summed E-state index contributed by atoms with van der Waals surface area (Å²) in [5.74, 6) is 0.0398. The lowest BCUT2D eigenvalue weighted by Crippen LogP contribution is -2.24. The number of nitrogens with zero attached hydrogens (tertiary/aromatic N) is 1. The first-order valence-electron chi connectivity index (χ1n) is 4.93. The lowest BCUT2D eigenvalue weighted by molar-refractivity contribution is -0.117. The fraction of sp³-hybridized carbons (Fsp3) is 0.364. The van der Waals surface area contributed by atoms with Gasteiger partial charge in [0, 0.05) is 24.0 Å². The summed E-state index contributed by atoms with van der Waals surface area (Å²) < 4.78 is 13.8. The molecule has 0 N–H and O–H groups in total. The Hall–Kier alpha value is -0.420. The average Bonchev–Trinajstić information content (AvgIpc) is 2.64. The summed E-state index contributed by atoms with van der Waals surface area (Å²) in [6.07, 6.45) is 0.531. The largest absolute Gasteiger partial charge is 0.312 e. The fourth-order valence-corrected chi connectivity index (χ4v) is 2.47. The van der Waals surface area contributed by atoms with Crippen molar-refractivity contribution in [1.82, 2.24) is 0 Å². The van der Waals surface area contributed by atoms with Crippen LogP contribution in [0.3, 0.4) is 0 Å². The molecule has 0 aromatic heterocycles. The quantitative estimate of drug-likeness (QED) is 0.749. The van der Waals surface area contributed by atoms with Gasteiger partial charge in [0.15, 0.2) is 0 Å². The Labute approximate surface area is 110 Å². The van der Waals surface area contributed by atoms with Gasteiger partial charge in [0.25, 0.3) is 0 Å². The van der Waals surface area contributed by atoms with E-state index in [1.54, 1.807) is 17.0 Å². The van der Waals surface area contributed by atoms with Gasteiger partial charge in [-0.3, -0.25) is 4.79 Å². The molecule has 1 aliphatic heterocycles. The molecule has 1 heterocycles. The summed E-state index contributed by atoms with van der Waals surface area (Å²) in [5, 5.41) is 0.800. The van der Waals surface area contributed by atoms with Gasteiger partial charge >= 0.3 is 0 Å². The highest BCUT2D eigenvalue weighted by atomic mass is 79.9. The van der Waals surface area contributed by atoms with E-state index in [-0.39, 0.29) is 11.7 Å². The third-order valence-electron chi connectivity index (χ3n) is 2.64. The summed E-state index contributed by atoms with van der Waals surface area (Å²) in [6.45, 7) is 0.658. The number of rotatable bonds is 2. The van der Waals surface area contributed by atoms with E-state index in [4.69, 9.17) is 0 Å². The molecule has 1 fully saturated rings. The van der Waals surface area contributed by atoms with Crippen molar-refractivity contribution in [3.63, 3.8) is 0 Å². The Balaban J connectivity index is 2.24. The van der Waals surface area contributed by atoms with E-state index in [1.807, 2.05) is 0 Å². The van der Waals surface area contributed by atoms with E-state index >= 15 is 0 Å². The third-order valence-corrected chi connectivity index (χ3v) is 4.20. The highest BCUT2D eigenvalue weighted by Crippen LogP contribution is 2.28. The van der Waals surface area contributed by atoms with Crippen molar-refractivity contribution in [2.24, 2.45) is 5.92 Å². The van der Waals surface area contributed by atoms with E-state index in [0.717, 1.165) is 5.33 Å². The normalized spacial score (nSPS) is 20.6. The fourth-order valence-electron chi connectivity index (χ4n) is 1.79. The van der Waals surface area contributed by atoms with Crippen molar-refractivity contribution in [2.45, 2.75) is 6.42 Å². The summed E-state index contributed by atoms with van der Waals surface area (Å²) >= 11 is 6.46. The average molecular weight is 351 g/mol. The molecule has 2 rings (SSSR count). The molecule has 86 valence electrons. The second kappa shape index (κ2) is 4.84. The Morgan fingerprint density at radius 3 is 2.81 bits per heavy atom. The molecule has 2 nitrogen and oxygen atoms in total. The van der Waals surface area contributed by atoms with Crippen LogP contribution in [0.25, 0.3) is 0 Å². The molecule has 0 bridgehead atoms. The number of carbonyl (C=O) groups excluding carboxylic acids is 1. The number of hydrogen-bond acceptors (Lipinski definition) is 1. The van der Waals surface area contributed by atoms with Crippen LogP contribution in [-0.2, 0) is 4.79 Å². The van der Waals surface area contributed by atoms with Crippen LogP contribution in [0, 0.1) is 11.7 Å². The van der Waals surface area contributed by atoms with E-state index in [1.165, 1.54) is 6.07 Å². The van der Waals surface area contributed by atoms with Crippen LogP contribution in [0.15, 0.2) is 22.7 Å². The number of alkyl halides is 1. The van der Waals surface area contributed by atoms with Gasteiger partial charge in [-0.25, -0.2) is 4.39 Å². The number of hydrogen-bond donors (Lipinski definition) is 0. The minimum absolute atomic E-state index is 0.0613. The van der Waals surface area contributed by atoms with Crippen LogP contribution in [0.5, 0.6) is 0 Å². The SMILES string of the molecule is O=C1CC(CBr)CN1c1ccc(Br)c(F)c1. The number of halogens is 3. The maximum absolute atomic E-state index is 13.3. The standard InChI is InChI=1S/C11H10Br2FNO/c12-5-7-3-11(16)15(6-7)8-1-2-9(13)10(14)4-8/h1-2,4,7H,3,5-6H2. The first kappa shape index (κ1) is 12.0. The Morgan fingerprint density at radius 1 is 1.50 bits per heavy atom. The molecular weight excluding hydrogens is 341 g/mol. The highest BCUT2D eigenvalue weighted by Gasteiger charge is 2.29. The molecule has 0 radical (unpaired) electrons. The zero-order chi connectivity index (χ0) is 11.7. The van der Waals surface area contributed by atoms with Gasteiger partial charge in [0.2, 0.25) is 5.91 Å². The van der Waals surface area contributed by atoms with Gasteiger partial charge in [0.1, 0.15) is 5.82 Å². The lowest BCUT2D eigenvalue weighted by atomic mass is 10.2. The molecule has 0 spiro atoms. The molecule has 1 aliphatic rings. The predicted molar refractivity (Wildman–Crippen MR) is 68.4 cm³/mol. The van der Waals surface area contributed by atoms with Crippen LogP contribution in [0.1, 0.15) is 6.42 Å². The van der Waals surface area contributed by atoms with Crippen molar-refractivity contribution >= 4 is 43.5 Å². The first-order chi connectivity index (χ1) is 7.61. The monoisotopic (exact) mass is 349 g/mol. The molecule has 1 amide bonds. The van der Waals surface area contributed by atoms with Gasteiger partial charge in [-0.1, -0.05) is 15.9 Å². The number of amides is 1. The van der Waals surface area contributed by atoms with E-state index < -0.39 is 0 Å². The van der Waals surface area contributed by atoms with Gasteiger partial charge in [0.05, 0.1) is 4.47 Å². The predicted octanol–water partition coefficient (Wildman–Crippen LogP) is 3.34. The molecule has 1 atom stereocenters. The van der Waals surface area contributed by atoms with Crippen LogP contribution < -0.4 is 4.90 Å². The summed E-state index contributed by atoms with van der Waals surface area (Å²) in [7, 11) is 0. The van der Waals surface area contributed by atoms with Gasteiger partial charge < -0.3 is 4.90 Å². The maximum Gasteiger partial charge on any atom is 0.227 e. The second-order valence-corrected chi connectivity index (χ2v) is 5.33. The summed E-state index contributed by atoms with van der Waals surface area (Å²) in [5.41, 5.74) is 0.633. The molecule has 0 saturated carbocycles. The minimum Gasteiger partial charge on any atom is -0.312 e. The molecule has 1 saturated heterocycles. The van der Waals surface area contributed by atoms with Gasteiger partial charge in [-0.05, 0) is 40.0 Å². The molecule has 1 aromatic rings. The van der Waals surface area contributed by atoms with E-state index in [0.29, 0.717) is 29.0 Å². The molecule has 1 aromatic carbocycles. The first-order valence-corrected chi connectivity index (χ1v) is 6.84. The van der Waals surface area contributed by atoms with Crippen LogP contribution >= 0.6 is 31.9 Å². The molecule has 16 heavy (non-hydrogen) atoms. The van der Waals surface area contributed by atoms with E-state index in [2.05, 4.69) is 31.9 Å². The van der Waals surface area contributed by atoms with Crippen LogP contribution in [0.4, 0.5) is 10.1 Å². The second-order valence-electron chi connectivity index (χ2n) is 3.83. The number of benzene rings is 1. The van der Waals surface area contributed by atoms with E-state index in [9.17, 15) is 9.18 Å². The topological polar surface area (TPSA) is 20.3 Å². The Bertz CT molecular complexity index is 424.